The lowest BCUT2D eigenvalue weighted by atomic mass is 10.9. The summed E-state index contributed by atoms with van der Waals surface area (Å²) in [6.45, 7) is 0. The highest BCUT2D eigenvalue weighted by Gasteiger charge is 2.09. The van der Waals surface area contributed by atoms with E-state index in [0.29, 0.717) is 5.01 Å². The van der Waals surface area contributed by atoms with E-state index >= 15 is 0 Å². The van der Waals surface area contributed by atoms with Gasteiger partial charge in [-0.05, 0) is 0 Å². The summed E-state index contributed by atoms with van der Waals surface area (Å²) in [6.07, 6.45) is -1.34. The van der Waals surface area contributed by atoms with Gasteiger partial charge in [0.15, 0.2) is 0 Å². The number of ether oxygens (including phenoxy) is 1. The van der Waals surface area contributed by atoms with Gasteiger partial charge in [0.25, 0.3) is 6.41 Å². The molecule has 0 heterocycles. The molecule has 0 saturated carbocycles. The van der Waals surface area contributed by atoms with Crippen molar-refractivity contribution in [3.8, 4) is 0 Å². The van der Waals surface area contributed by atoms with Crippen molar-refractivity contribution >= 4 is 5.96 Å². The standard InChI is InChI=1S/C3H10N4O2/c1-9-3(8)7(6)2(4)5/h3,8H,6H2,1H3,(H3,4,5). The molecule has 0 rings (SSSR count). The van der Waals surface area contributed by atoms with Crippen molar-refractivity contribution in [3.05, 3.63) is 0 Å². The normalized spacial score (nSPS) is 12.8. The third-order valence-electron chi connectivity index (χ3n) is 0.727. The van der Waals surface area contributed by atoms with Gasteiger partial charge in [-0.3, -0.25) is 5.41 Å². The van der Waals surface area contributed by atoms with Crippen LogP contribution in [-0.2, 0) is 4.74 Å². The first kappa shape index (κ1) is 8.15. The largest absolute Gasteiger partial charge is 0.369 e. The molecule has 0 spiro atoms. The fraction of sp³-hybridized carbons (Fsp3) is 0.667. The lowest BCUT2D eigenvalue weighted by Gasteiger charge is -2.20. The van der Waals surface area contributed by atoms with Crippen LogP contribution in [0.25, 0.3) is 0 Å². The molecule has 0 bridgehead atoms. The Morgan fingerprint density at radius 2 is 2.33 bits per heavy atom. The lowest BCUT2D eigenvalue weighted by molar-refractivity contribution is -0.151. The molecule has 6 nitrogen and oxygen atoms in total. The van der Waals surface area contributed by atoms with Crippen LogP contribution in [-0.4, -0.2) is 29.6 Å². The molecule has 1 atom stereocenters. The van der Waals surface area contributed by atoms with Crippen LogP contribution in [0.2, 0.25) is 0 Å². The van der Waals surface area contributed by atoms with Crippen molar-refractivity contribution in [3.63, 3.8) is 0 Å². The van der Waals surface area contributed by atoms with E-state index in [1.807, 2.05) is 0 Å². The van der Waals surface area contributed by atoms with Crippen molar-refractivity contribution in [1.29, 1.82) is 5.41 Å². The van der Waals surface area contributed by atoms with Gasteiger partial charge in [-0.2, -0.15) is 0 Å². The Kier molecular flexibility index (Phi) is 2.93. The Balaban J connectivity index is 3.72. The van der Waals surface area contributed by atoms with E-state index in [1.165, 1.54) is 7.11 Å². The molecule has 0 aliphatic rings. The van der Waals surface area contributed by atoms with E-state index < -0.39 is 12.4 Å². The molecular weight excluding hydrogens is 124 g/mol. The van der Waals surface area contributed by atoms with Crippen LogP contribution in [0.1, 0.15) is 0 Å². The highest BCUT2D eigenvalue weighted by molar-refractivity contribution is 5.73. The van der Waals surface area contributed by atoms with Crippen molar-refractivity contribution in [1.82, 2.24) is 5.01 Å². The fourth-order valence-electron chi connectivity index (χ4n) is 0.233. The molecule has 54 valence electrons. The first-order valence-electron chi connectivity index (χ1n) is 2.18. The third kappa shape index (κ3) is 2.27. The summed E-state index contributed by atoms with van der Waals surface area (Å²) in [7, 11) is 1.24. The maximum atomic E-state index is 8.65. The first-order valence-corrected chi connectivity index (χ1v) is 2.18. The van der Waals surface area contributed by atoms with Crippen molar-refractivity contribution in [2.24, 2.45) is 11.6 Å². The maximum Gasteiger partial charge on any atom is 0.253 e. The lowest BCUT2D eigenvalue weighted by Crippen LogP contribution is -2.49. The predicted molar refractivity (Wildman–Crippen MR) is 31.0 cm³/mol. The zero-order valence-electron chi connectivity index (χ0n) is 5.03. The van der Waals surface area contributed by atoms with Crippen molar-refractivity contribution in [2.45, 2.75) is 6.41 Å². The third-order valence-corrected chi connectivity index (χ3v) is 0.727. The number of hydrogen-bond acceptors (Lipinski definition) is 4. The molecule has 0 fully saturated rings. The van der Waals surface area contributed by atoms with E-state index in [1.54, 1.807) is 0 Å². The Labute approximate surface area is 52.5 Å². The van der Waals surface area contributed by atoms with Gasteiger partial charge in [-0.25, -0.2) is 10.9 Å². The van der Waals surface area contributed by atoms with Crippen LogP contribution in [0.3, 0.4) is 0 Å². The molecule has 0 aliphatic heterocycles. The predicted octanol–water partition coefficient (Wildman–Crippen LogP) is -2.02. The minimum absolute atomic E-state index is 0.454. The van der Waals surface area contributed by atoms with Gasteiger partial charge in [0.2, 0.25) is 5.96 Å². The fourth-order valence-corrected chi connectivity index (χ4v) is 0.233. The Morgan fingerprint density at radius 3 is 2.44 bits per heavy atom. The first-order chi connectivity index (χ1) is 4.09. The number of guanidine groups is 1. The summed E-state index contributed by atoms with van der Waals surface area (Å²) < 4.78 is 4.31. The van der Waals surface area contributed by atoms with Gasteiger partial charge in [-0.1, -0.05) is 0 Å². The second-order valence-electron chi connectivity index (χ2n) is 1.35. The van der Waals surface area contributed by atoms with Crippen LogP contribution < -0.4 is 11.6 Å². The van der Waals surface area contributed by atoms with E-state index in [4.69, 9.17) is 22.1 Å². The second kappa shape index (κ2) is 3.23. The van der Waals surface area contributed by atoms with Gasteiger partial charge >= 0.3 is 0 Å². The molecule has 0 radical (unpaired) electrons. The summed E-state index contributed by atoms with van der Waals surface area (Å²) in [5.41, 5.74) is 4.86. The Hall–Kier alpha value is -0.850. The molecule has 0 aliphatic carbocycles. The number of nitrogens with one attached hydrogen (secondary N) is 1. The van der Waals surface area contributed by atoms with E-state index in [2.05, 4.69) is 4.74 Å². The molecule has 6 heteroatoms. The average Bonchev–Trinajstić information content (AvgIpc) is 1.84. The van der Waals surface area contributed by atoms with Gasteiger partial charge in [-0.15, -0.1) is 0 Å². The molecular formula is C3H10N4O2. The summed E-state index contributed by atoms with van der Waals surface area (Å²) in [5.74, 6) is 4.53. The van der Waals surface area contributed by atoms with Crippen LogP contribution in [0, 0.1) is 5.41 Å². The van der Waals surface area contributed by atoms with Gasteiger partial charge < -0.3 is 15.6 Å². The number of methoxy groups -OCH3 is 1. The number of hydrazine groups is 1. The quantitative estimate of drug-likeness (QED) is 0.115. The molecule has 1 unspecified atom stereocenters. The van der Waals surface area contributed by atoms with Crippen LogP contribution in [0.4, 0.5) is 0 Å². The summed E-state index contributed by atoms with van der Waals surface area (Å²) >= 11 is 0. The second-order valence-corrected chi connectivity index (χ2v) is 1.35. The molecule has 0 aromatic rings. The molecule has 0 saturated heterocycles. The zero-order chi connectivity index (χ0) is 7.44. The topological polar surface area (TPSA) is 109 Å². The SMILES string of the molecule is COC(O)N(N)C(=N)N. The molecule has 9 heavy (non-hydrogen) atoms. The summed E-state index contributed by atoms with van der Waals surface area (Å²) in [5, 5.41) is 15.9. The molecule has 0 aromatic carbocycles. The Morgan fingerprint density at radius 1 is 1.89 bits per heavy atom. The highest BCUT2D eigenvalue weighted by Crippen LogP contribution is 1.85. The van der Waals surface area contributed by atoms with Gasteiger partial charge in [0.05, 0.1) is 0 Å². The smallest absolute Gasteiger partial charge is 0.253 e. The number of nitrogens with zero attached hydrogens (tertiary/aromatic N) is 1. The minimum Gasteiger partial charge on any atom is -0.369 e. The highest BCUT2D eigenvalue weighted by atomic mass is 16.6. The monoisotopic (exact) mass is 134 g/mol. The summed E-state index contributed by atoms with van der Waals surface area (Å²) in [6, 6.07) is 0. The summed E-state index contributed by atoms with van der Waals surface area (Å²) in [4.78, 5) is 0. The Bertz CT molecular complexity index is 106. The number of aliphatic hydroxyl groups excluding tert-OH is 1. The maximum absolute atomic E-state index is 8.65. The van der Waals surface area contributed by atoms with Gasteiger partial charge in [0.1, 0.15) is 0 Å². The van der Waals surface area contributed by atoms with Gasteiger partial charge in [0, 0.05) is 7.11 Å². The number of hydrogen-bond donors (Lipinski definition) is 4. The van der Waals surface area contributed by atoms with E-state index in [0.717, 1.165) is 0 Å². The zero-order valence-corrected chi connectivity index (χ0v) is 5.03. The van der Waals surface area contributed by atoms with E-state index in [9.17, 15) is 0 Å². The number of aliphatic hydroxyl groups is 1. The van der Waals surface area contributed by atoms with Crippen LogP contribution >= 0.6 is 0 Å². The number of rotatable bonds is 2. The minimum atomic E-state index is -1.34. The molecule has 0 amide bonds. The van der Waals surface area contributed by atoms with Crippen LogP contribution in [0.5, 0.6) is 0 Å². The average molecular weight is 134 g/mol. The van der Waals surface area contributed by atoms with E-state index in [-0.39, 0.29) is 0 Å². The molecule has 0 aromatic heterocycles. The van der Waals surface area contributed by atoms with Crippen molar-refractivity contribution < 1.29 is 9.84 Å². The number of nitrogens with two attached hydrogens (primary N) is 2. The van der Waals surface area contributed by atoms with Crippen molar-refractivity contribution in [2.75, 3.05) is 7.11 Å². The molecule has 6 N–H and O–H groups in total. The van der Waals surface area contributed by atoms with Crippen LogP contribution in [0.15, 0.2) is 0 Å².